The number of hydrogen-bond donors (Lipinski definition) is 0. The fourth-order valence-corrected chi connectivity index (χ4v) is 2.80. The van der Waals surface area contributed by atoms with Crippen molar-refractivity contribution in [1.82, 2.24) is 10.2 Å². The van der Waals surface area contributed by atoms with Gasteiger partial charge in [0.15, 0.2) is 5.82 Å². The number of nitrogens with zero attached hydrogens (tertiary/aromatic N) is 3. The first-order valence-corrected chi connectivity index (χ1v) is 6.46. The van der Waals surface area contributed by atoms with E-state index in [2.05, 4.69) is 10.2 Å². The van der Waals surface area contributed by atoms with Crippen LogP contribution in [0.25, 0.3) is 0 Å². The monoisotopic (exact) mass is 261 g/mol. The molecule has 100 valence electrons. The Kier molecular flexibility index (Phi) is 2.93. The Labute approximate surface area is 110 Å². The summed E-state index contributed by atoms with van der Waals surface area (Å²) in [6, 6.07) is 3.48. The lowest BCUT2D eigenvalue weighted by Crippen LogP contribution is -2.39. The van der Waals surface area contributed by atoms with Gasteiger partial charge in [-0.1, -0.05) is 0 Å². The fraction of sp³-hybridized carbons (Fsp3) is 0.538. The summed E-state index contributed by atoms with van der Waals surface area (Å²) < 4.78 is 5.55. The van der Waals surface area contributed by atoms with Gasteiger partial charge in [-0.3, -0.25) is 4.90 Å². The van der Waals surface area contributed by atoms with Crippen molar-refractivity contribution in [1.29, 1.82) is 0 Å². The van der Waals surface area contributed by atoms with E-state index < -0.39 is 5.60 Å². The third-order valence-electron chi connectivity index (χ3n) is 3.94. The third-order valence-corrected chi connectivity index (χ3v) is 3.94. The summed E-state index contributed by atoms with van der Waals surface area (Å²) in [5.74, 6) is 0.622. The molecule has 19 heavy (non-hydrogen) atoms. The van der Waals surface area contributed by atoms with Gasteiger partial charge >= 0.3 is 6.09 Å². The zero-order chi connectivity index (χ0) is 13.3. The smallest absolute Gasteiger partial charge is 0.416 e. The first-order valence-electron chi connectivity index (χ1n) is 6.46. The van der Waals surface area contributed by atoms with Crippen molar-refractivity contribution < 1.29 is 14.3 Å². The summed E-state index contributed by atoms with van der Waals surface area (Å²) in [5, 5.41) is 7.72. The van der Waals surface area contributed by atoms with Crippen LogP contribution in [0.15, 0.2) is 18.3 Å². The minimum Gasteiger partial charge on any atom is -0.441 e. The van der Waals surface area contributed by atoms with Gasteiger partial charge in [0.25, 0.3) is 0 Å². The maximum Gasteiger partial charge on any atom is 0.416 e. The second-order valence-corrected chi connectivity index (χ2v) is 5.19. The van der Waals surface area contributed by atoms with Gasteiger partial charge in [0.2, 0.25) is 0 Å². The van der Waals surface area contributed by atoms with Crippen LogP contribution in [-0.2, 0) is 9.53 Å². The number of anilines is 1. The lowest BCUT2D eigenvalue weighted by molar-refractivity contribution is -0.113. The van der Waals surface area contributed by atoms with E-state index in [1.54, 1.807) is 18.3 Å². The summed E-state index contributed by atoms with van der Waals surface area (Å²) in [4.78, 5) is 24.3. The van der Waals surface area contributed by atoms with Crippen LogP contribution in [-0.4, -0.2) is 34.7 Å². The third kappa shape index (κ3) is 2.18. The largest absolute Gasteiger partial charge is 0.441 e. The Morgan fingerprint density at radius 3 is 2.84 bits per heavy atom. The number of hydrogen-bond acceptors (Lipinski definition) is 5. The molecule has 1 saturated heterocycles. The number of aromatic nitrogens is 2. The van der Waals surface area contributed by atoms with Crippen molar-refractivity contribution in [2.24, 2.45) is 5.92 Å². The summed E-state index contributed by atoms with van der Waals surface area (Å²) in [7, 11) is 0. The van der Waals surface area contributed by atoms with Gasteiger partial charge in [0, 0.05) is 12.1 Å². The first kappa shape index (κ1) is 12.1. The molecule has 1 aliphatic carbocycles. The summed E-state index contributed by atoms with van der Waals surface area (Å²) in [6.07, 6.45) is 5.23. The van der Waals surface area contributed by atoms with Crippen molar-refractivity contribution >= 4 is 18.2 Å². The van der Waals surface area contributed by atoms with Crippen LogP contribution >= 0.6 is 0 Å². The molecule has 1 aliphatic heterocycles. The summed E-state index contributed by atoms with van der Waals surface area (Å²) >= 11 is 0. The molecule has 1 spiro atoms. The fourth-order valence-electron chi connectivity index (χ4n) is 2.80. The molecular formula is C13H15N3O3. The second-order valence-electron chi connectivity index (χ2n) is 5.19. The molecule has 6 heteroatoms. The first-order chi connectivity index (χ1) is 9.22. The molecule has 2 heterocycles. The molecule has 0 atom stereocenters. The molecule has 1 aromatic heterocycles. The van der Waals surface area contributed by atoms with E-state index in [1.165, 1.54) is 4.90 Å². The van der Waals surface area contributed by atoms with Crippen LogP contribution in [0.4, 0.5) is 10.6 Å². The van der Waals surface area contributed by atoms with Crippen LogP contribution < -0.4 is 4.90 Å². The predicted octanol–water partition coefficient (Wildman–Crippen LogP) is 1.56. The Balaban J connectivity index is 1.75. The van der Waals surface area contributed by atoms with E-state index in [1.807, 2.05) is 0 Å². The van der Waals surface area contributed by atoms with Crippen molar-refractivity contribution in [3.8, 4) is 0 Å². The number of carbonyl (C=O) groups is 2. The summed E-state index contributed by atoms with van der Waals surface area (Å²) in [5.41, 5.74) is -0.450. The molecule has 1 aromatic rings. The lowest BCUT2D eigenvalue weighted by Gasteiger charge is -2.33. The highest BCUT2D eigenvalue weighted by molar-refractivity contribution is 5.89. The van der Waals surface area contributed by atoms with Crippen LogP contribution in [0.3, 0.4) is 0 Å². The molecule has 0 radical (unpaired) electrons. The highest BCUT2D eigenvalue weighted by atomic mass is 16.6. The summed E-state index contributed by atoms with van der Waals surface area (Å²) in [6.45, 7) is 0.496. The van der Waals surface area contributed by atoms with E-state index in [0.717, 1.165) is 32.0 Å². The molecule has 2 fully saturated rings. The quantitative estimate of drug-likeness (QED) is 0.755. The molecule has 0 aromatic carbocycles. The zero-order valence-electron chi connectivity index (χ0n) is 10.5. The normalized spacial score (nSPS) is 30.4. The van der Waals surface area contributed by atoms with Gasteiger partial charge in [0.1, 0.15) is 11.9 Å². The average Bonchev–Trinajstić information content (AvgIpc) is 2.77. The van der Waals surface area contributed by atoms with Gasteiger partial charge in [-0.15, -0.1) is 5.10 Å². The molecule has 3 rings (SSSR count). The Bertz CT molecular complexity index is 483. The van der Waals surface area contributed by atoms with Crippen molar-refractivity contribution in [3.05, 3.63) is 18.3 Å². The van der Waals surface area contributed by atoms with Crippen LogP contribution in [0.5, 0.6) is 0 Å². The molecule has 0 unspecified atom stereocenters. The molecule has 2 aliphatic rings. The van der Waals surface area contributed by atoms with Crippen LogP contribution in [0.2, 0.25) is 0 Å². The Hall–Kier alpha value is -1.98. The van der Waals surface area contributed by atoms with Crippen molar-refractivity contribution in [2.45, 2.75) is 31.3 Å². The molecule has 6 nitrogen and oxygen atoms in total. The van der Waals surface area contributed by atoms with Gasteiger partial charge in [-0.05, 0) is 37.8 Å². The predicted molar refractivity (Wildman–Crippen MR) is 66.6 cm³/mol. The number of ether oxygens (including phenoxy) is 1. The highest BCUT2D eigenvalue weighted by Gasteiger charge is 2.48. The van der Waals surface area contributed by atoms with E-state index in [-0.39, 0.29) is 12.0 Å². The maximum absolute atomic E-state index is 12.0. The van der Waals surface area contributed by atoms with Crippen LogP contribution in [0.1, 0.15) is 25.7 Å². The lowest BCUT2D eigenvalue weighted by atomic mass is 9.79. The van der Waals surface area contributed by atoms with Gasteiger partial charge in [0.05, 0.1) is 6.54 Å². The number of carbonyl (C=O) groups excluding carboxylic acids is 2. The molecule has 1 saturated carbocycles. The number of rotatable bonds is 2. The standard InChI is InChI=1S/C13H15N3O3/c17-8-10-3-5-13(6-4-10)9-16(12(18)19-13)11-2-1-7-14-15-11/h1-2,7-8,10H,3-6,9H2. The minimum absolute atomic E-state index is 0.106. The Morgan fingerprint density at radius 2 is 2.21 bits per heavy atom. The Morgan fingerprint density at radius 1 is 1.42 bits per heavy atom. The molecular weight excluding hydrogens is 246 g/mol. The average molecular weight is 261 g/mol. The van der Waals surface area contributed by atoms with Gasteiger partial charge in [-0.2, -0.15) is 5.10 Å². The number of aldehydes is 1. The molecule has 0 bridgehead atoms. The highest BCUT2D eigenvalue weighted by Crippen LogP contribution is 2.39. The zero-order valence-corrected chi connectivity index (χ0v) is 10.5. The maximum atomic E-state index is 12.0. The van der Waals surface area contributed by atoms with E-state index >= 15 is 0 Å². The van der Waals surface area contributed by atoms with Crippen LogP contribution in [0, 0.1) is 5.92 Å². The minimum atomic E-state index is -0.450. The van der Waals surface area contributed by atoms with Gasteiger partial charge < -0.3 is 9.53 Å². The topological polar surface area (TPSA) is 72.4 Å². The van der Waals surface area contributed by atoms with Gasteiger partial charge in [-0.25, -0.2) is 4.79 Å². The van der Waals surface area contributed by atoms with E-state index in [9.17, 15) is 9.59 Å². The van der Waals surface area contributed by atoms with Crippen molar-refractivity contribution in [3.63, 3.8) is 0 Å². The molecule has 1 amide bonds. The SMILES string of the molecule is O=CC1CCC2(CC1)CN(c1cccnn1)C(=O)O2. The second kappa shape index (κ2) is 4.60. The molecule has 0 N–H and O–H groups in total. The van der Waals surface area contributed by atoms with E-state index in [0.29, 0.717) is 12.4 Å². The number of amides is 1. The van der Waals surface area contributed by atoms with E-state index in [4.69, 9.17) is 4.74 Å². The van der Waals surface area contributed by atoms with Crippen molar-refractivity contribution in [2.75, 3.05) is 11.4 Å².